The van der Waals surface area contributed by atoms with Gasteiger partial charge in [0.2, 0.25) is 10.0 Å². The molecule has 134 valence electrons. The molecule has 0 atom stereocenters. The standard InChI is InChI=1S/C17H21N3O4S/c1-2-24-17(21)14(12-18)13-19-15-7-6-8-16(11-15)25(22,23)20-9-4-3-5-10-20/h6-8,11,13,19H,2-5,9-10H2,1H3/b14-13+. The van der Waals surface area contributed by atoms with Crippen LogP contribution < -0.4 is 5.32 Å². The van der Waals surface area contributed by atoms with Crippen molar-refractivity contribution in [1.29, 1.82) is 5.26 Å². The molecular weight excluding hydrogens is 342 g/mol. The molecule has 1 fully saturated rings. The first kappa shape index (κ1) is 19.0. The second-order valence-corrected chi connectivity index (χ2v) is 7.47. The minimum absolute atomic E-state index is 0.168. The predicted molar refractivity (Wildman–Crippen MR) is 93.0 cm³/mol. The van der Waals surface area contributed by atoms with Crippen molar-refractivity contribution in [1.82, 2.24) is 4.31 Å². The molecule has 8 heteroatoms. The van der Waals surface area contributed by atoms with Crippen LogP contribution in [0.15, 0.2) is 40.9 Å². The van der Waals surface area contributed by atoms with Crippen LogP contribution in [0.1, 0.15) is 26.2 Å². The van der Waals surface area contributed by atoms with Gasteiger partial charge in [0.25, 0.3) is 0 Å². The van der Waals surface area contributed by atoms with E-state index >= 15 is 0 Å². The molecular formula is C17H21N3O4S. The second kappa shape index (κ2) is 8.65. The van der Waals surface area contributed by atoms with Gasteiger partial charge < -0.3 is 10.1 Å². The molecule has 0 spiro atoms. The number of benzene rings is 1. The van der Waals surface area contributed by atoms with Gasteiger partial charge in [-0.3, -0.25) is 0 Å². The zero-order valence-electron chi connectivity index (χ0n) is 14.1. The Morgan fingerprint density at radius 1 is 1.36 bits per heavy atom. The fourth-order valence-corrected chi connectivity index (χ4v) is 4.07. The number of nitrogens with zero attached hydrogens (tertiary/aromatic N) is 2. The maximum Gasteiger partial charge on any atom is 0.350 e. The molecule has 2 rings (SSSR count). The summed E-state index contributed by atoms with van der Waals surface area (Å²) in [6.07, 6.45) is 3.99. The fourth-order valence-electron chi connectivity index (χ4n) is 2.50. The molecule has 1 aliphatic rings. The number of piperidine rings is 1. The number of esters is 1. The van der Waals surface area contributed by atoms with Crippen LogP contribution >= 0.6 is 0 Å². The van der Waals surface area contributed by atoms with Crippen molar-refractivity contribution < 1.29 is 17.9 Å². The van der Waals surface area contributed by atoms with E-state index < -0.39 is 16.0 Å². The molecule has 1 aromatic rings. The Morgan fingerprint density at radius 2 is 2.08 bits per heavy atom. The molecule has 7 nitrogen and oxygen atoms in total. The van der Waals surface area contributed by atoms with Crippen LogP contribution in [0.4, 0.5) is 5.69 Å². The van der Waals surface area contributed by atoms with Gasteiger partial charge in [-0.2, -0.15) is 9.57 Å². The van der Waals surface area contributed by atoms with Gasteiger partial charge in [-0.05, 0) is 38.0 Å². The monoisotopic (exact) mass is 363 g/mol. The number of sulfonamides is 1. The lowest BCUT2D eigenvalue weighted by atomic mass is 10.2. The number of rotatable bonds is 6. The number of hydrogen-bond acceptors (Lipinski definition) is 6. The Morgan fingerprint density at radius 3 is 2.72 bits per heavy atom. The molecule has 1 aliphatic heterocycles. The molecule has 1 aromatic carbocycles. The zero-order chi connectivity index (χ0) is 18.3. The maximum absolute atomic E-state index is 12.7. The summed E-state index contributed by atoms with van der Waals surface area (Å²) < 4.78 is 31.6. The average molecular weight is 363 g/mol. The molecule has 0 radical (unpaired) electrons. The van der Waals surface area contributed by atoms with E-state index in [1.54, 1.807) is 25.1 Å². The van der Waals surface area contributed by atoms with Crippen LogP contribution in [0.3, 0.4) is 0 Å². The van der Waals surface area contributed by atoms with Crippen molar-refractivity contribution in [3.8, 4) is 6.07 Å². The van der Waals surface area contributed by atoms with Gasteiger partial charge in [0.1, 0.15) is 6.07 Å². The Labute approximate surface area is 147 Å². The topological polar surface area (TPSA) is 99.5 Å². The number of carbonyl (C=O) groups excluding carboxylic acids is 1. The average Bonchev–Trinajstić information content (AvgIpc) is 2.63. The Balaban J connectivity index is 2.18. The molecule has 25 heavy (non-hydrogen) atoms. The minimum atomic E-state index is -3.54. The highest BCUT2D eigenvalue weighted by Crippen LogP contribution is 2.23. The lowest BCUT2D eigenvalue weighted by molar-refractivity contribution is -0.138. The van der Waals surface area contributed by atoms with Crippen molar-refractivity contribution in [2.24, 2.45) is 0 Å². The van der Waals surface area contributed by atoms with Gasteiger partial charge in [-0.15, -0.1) is 0 Å². The molecule has 0 aliphatic carbocycles. The maximum atomic E-state index is 12.7. The number of nitriles is 1. The Kier molecular flexibility index (Phi) is 6.56. The molecule has 0 unspecified atom stereocenters. The van der Waals surface area contributed by atoms with E-state index in [2.05, 4.69) is 5.32 Å². The van der Waals surface area contributed by atoms with Crippen LogP contribution in [0.5, 0.6) is 0 Å². The number of carbonyl (C=O) groups is 1. The largest absolute Gasteiger partial charge is 0.462 e. The highest BCUT2D eigenvalue weighted by molar-refractivity contribution is 7.89. The van der Waals surface area contributed by atoms with Crippen LogP contribution in [-0.2, 0) is 19.6 Å². The summed E-state index contributed by atoms with van der Waals surface area (Å²) >= 11 is 0. The van der Waals surface area contributed by atoms with Gasteiger partial charge in [0.15, 0.2) is 5.57 Å². The summed E-state index contributed by atoms with van der Waals surface area (Å²) in [5, 5.41) is 11.8. The summed E-state index contributed by atoms with van der Waals surface area (Å²) in [6.45, 7) is 2.87. The first-order valence-corrected chi connectivity index (χ1v) is 9.57. The van der Waals surface area contributed by atoms with Gasteiger partial charge >= 0.3 is 5.97 Å². The van der Waals surface area contributed by atoms with E-state index in [1.807, 2.05) is 0 Å². The summed E-state index contributed by atoms with van der Waals surface area (Å²) in [5.41, 5.74) is 0.279. The normalized spacial score (nSPS) is 16.1. The molecule has 0 saturated carbocycles. The second-order valence-electron chi connectivity index (χ2n) is 5.53. The minimum Gasteiger partial charge on any atom is -0.462 e. The first-order valence-electron chi connectivity index (χ1n) is 8.13. The third kappa shape index (κ3) is 4.81. The van der Waals surface area contributed by atoms with E-state index in [1.165, 1.54) is 22.6 Å². The van der Waals surface area contributed by atoms with Crippen molar-refractivity contribution in [2.45, 2.75) is 31.1 Å². The lowest BCUT2D eigenvalue weighted by Gasteiger charge is -2.26. The number of hydrogen-bond donors (Lipinski definition) is 1. The highest BCUT2D eigenvalue weighted by Gasteiger charge is 2.25. The van der Waals surface area contributed by atoms with Crippen LogP contribution in [0, 0.1) is 11.3 Å². The molecule has 1 saturated heterocycles. The molecule has 0 amide bonds. The summed E-state index contributed by atoms with van der Waals surface area (Å²) in [4.78, 5) is 11.8. The Bertz CT molecular complexity index is 790. The van der Waals surface area contributed by atoms with Gasteiger partial charge in [0, 0.05) is 25.0 Å². The molecule has 0 aromatic heterocycles. The number of anilines is 1. The van der Waals surface area contributed by atoms with E-state index in [4.69, 9.17) is 10.00 Å². The smallest absolute Gasteiger partial charge is 0.350 e. The van der Waals surface area contributed by atoms with Crippen LogP contribution in [0.25, 0.3) is 0 Å². The van der Waals surface area contributed by atoms with Crippen LogP contribution in [-0.4, -0.2) is 38.4 Å². The van der Waals surface area contributed by atoms with E-state index in [0.29, 0.717) is 18.8 Å². The molecule has 0 bridgehead atoms. The zero-order valence-corrected chi connectivity index (χ0v) is 14.9. The summed E-state index contributed by atoms with van der Waals surface area (Å²) in [7, 11) is -3.54. The quantitative estimate of drug-likeness (QED) is 0.473. The third-order valence-electron chi connectivity index (χ3n) is 3.79. The molecule has 1 heterocycles. The number of nitrogens with one attached hydrogen (secondary N) is 1. The lowest BCUT2D eigenvalue weighted by Crippen LogP contribution is -2.35. The van der Waals surface area contributed by atoms with Crippen molar-refractivity contribution >= 4 is 21.7 Å². The van der Waals surface area contributed by atoms with E-state index in [0.717, 1.165) is 19.3 Å². The highest BCUT2D eigenvalue weighted by atomic mass is 32.2. The van der Waals surface area contributed by atoms with Crippen molar-refractivity contribution in [2.75, 3.05) is 25.0 Å². The van der Waals surface area contributed by atoms with Crippen molar-refractivity contribution in [3.05, 3.63) is 36.0 Å². The van der Waals surface area contributed by atoms with Crippen molar-refractivity contribution in [3.63, 3.8) is 0 Å². The van der Waals surface area contributed by atoms with Gasteiger partial charge in [-0.1, -0.05) is 12.5 Å². The number of ether oxygens (including phenoxy) is 1. The Hall–Kier alpha value is -2.37. The first-order chi connectivity index (χ1) is 12.0. The third-order valence-corrected chi connectivity index (χ3v) is 5.68. The SMILES string of the molecule is CCOC(=O)/C(C#N)=C/Nc1cccc(S(=O)(=O)N2CCCCC2)c1. The van der Waals surface area contributed by atoms with Gasteiger partial charge in [-0.25, -0.2) is 13.2 Å². The summed E-state index contributed by atoms with van der Waals surface area (Å²) in [5.74, 6) is -0.727. The molecule has 1 N–H and O–H groups in total. The predicted octanol–water partition coefficient (Wildman–Crippen LogP) is 2.24. The van der Waals surface area contributed by atoms with E-state index in [9.17, 15) is 13.2 Å². The fraction of sp³-hybridized carbons (Fsp3) is 0.412. The summed E-state index contributed by atoms with van der Waals surface area (Å²) in [6, 6.07) is 8.05. The van der Waals surface area contributed by atoms with Gasteiger partial charge in [0.05, 0.1) is 11.5 Å². The van der Waals surface area contributed by atoms with E-state index in [-0.39, 0.29) is 17.1 Å². The van der Waals surface area contributed by atoms with Crippen LogP contribution in [0.2, 0.25) is 0 Å².